The molecule has 1 fully saturated rings. The summed E-state index contributed by atoms with van der Waals surface area (Å²) in [5, 5.41) is 15.3. The predicted octanol–water partition coefficient (Wildman–Crippen LogP) is 4.59. The Morgan fingerprint density at radius 2 is 1.87 bits per heavy atom. The molecule has 1 heterocycles. The number of nitrogens with one attached hydrogen (secondary N) is 1. The molecule has 4 rings (SSSR count). The Bertz CT molecular complexity index is 1140. The van der Waals surface area contributed by atoms with E-state index in [-0.39, 0.29) is 0 Å². The number of aromatic carboxylic acids is 1. The highest BCUT2D eigenvalue weighted by atomic mass is 31.2. The molecule has 0 bridgehead atoms. The van der Waals surface area contributed by atoms with E-state index in [0.717, 1.165) is 40.2 Å². The van der Waals surface area contributed by atoms with Crippen LogP contribution in [0.2, 0.25) is 0 Å². The second-order valence-corrected chi connectivity index (χ2v) is 12.0. The summed E-state index contributed by atoms with van der Waals surface area (Å²) in [6.45, 7) is 6.53. The highest BCUT2D eigenvalue weighted by Crippen LogP contribution is 2.37. The van der Waals surface area contributed by atoms with E-state index in [1.54, 1.807) is 13.3 Å². The number of fused-ring (bicyclic) bond motifs is 1. The van der Waals surface area contributed by atoms with Gasteiger partial charge in [0.15, 0.2) is 0 Å². The molecule has 0 aliphatic heterocycles. The van der Waals surface area contributed by atoms with E-state index in [9.17, 15) is 14.5 Å². The molecule has 0 atom stereocenters. The Hall–Kier alpha value is -2.36. The van der Waals surface area contributed by atoms with Gasteiger partial charge in [-0.1, -0.05) is 36.2 Å². The van der Waals surface area contributed by atoms with Crippen LogP contribution in [-0.4, -0.2) is 35.0 Å². The van der Waals surface area contributed by atoms with E-state index in [1.807, 2.05) is 54.0 Å². The van der Waals surface area contributed by atoms with Crippen LogP contribution in [0.15, 0.2) is 42.5 Å². The molecule has 1 saturated carbocycles. The molecule has 158 valence electrons. The van der Waals surface area contributed by atoms with Crippen LogP contribution in [0.5, 0.6) is 0 Å². The lowest BCUT2D eigenvalue weighted by molar-refractivity contribution is 0.0684. The average Bonchev–Trinajstić information content (AvgIpc) is 2.95. The van der Waals surface area contributed by atoms with Gasteiger partial charge >= 0.3 is 5.97 Å². The van der Waals surface area contributed by atoms with Gasteiger partial charge < -0.3 is 19.6 Å². The lowest BCUT2D eigenvalue weighted by atomic mass is 9.93. The number of benzene rings is 2. The summed E-state index contributed by atoms with van der Waals surface area (Å²) in [5.74, 6) is -0.929. The monoisotopic (exact) mass is 424 g/mol. The summed E-state index contributed by atoms with van der Waals surface area (Å²) in [5.41, 5.74) is 4.20. The van der Waals surface area contributed by atoms with Gasteiger partial charge in [0.2, 0.25) is 0 Å². The van der Waals surface area contributed by atoms with Gasteiger partial charge in [0, 0.05) is 40.9 Å². The normalized spacial score (nSPS) is 14.8. The van der Waals surface area contributed by atoms with Crippen molar-refractivity contribution < 1.29 is 14.5 Å². The number of carboxylic acids is 1. The maximum Gasteiger partial charge on any atom is 0.352 e. The molecule has 0 spiro atoms. The third-order valence-corrected chi connectivity index (χ3v) is 7.63. The molecule has 0 saturated heterocycles. The predicted molar refractivity (Wildman–Crippen MR) is 123 cm³/mol. The Balaban J connectivity index is 1.87. The molecule has 1 aromatic heterocycles. The van der Waals surface area contributed by atoms with Crippen molar-refractivity contribution >= 4 is 29.3 Å². The molecule has 0 radical (unpaired) electrons. The molecule has 3 aromatic rings. The zero-order chi connectivity index (χ0) is 21.5. The van der Waals surface area contributed by atoms with E-state index in [4.69, 9.17) is 0 Å². The number of carbonyl (C=O) groups is 1. The van der Waals surface area contributed by atoms with Gasteiger partial charge in [0.1, 0.15) is 12.8 Å². The number of aryl methyl sites for hydroxylation is 1. The summed E-state index contributed by atoms with van der Waals surface area (Å²) >= 11 is 0. The first kappa shape index (κ1) is 20.9. The minimum absolute atomic E-state index is 0.316. The van der Waals surface area contributed by atoms with Crippen LogP contribution in [-0.2, 0) is 17.7 Å². The van der Waals surface area contributed by atoms with Crippen molar-refractivity contribution in [2.45, 2.75) is 45.3 Å². The highest BCUT2D eigenvalue weighted by molar-refractivity contribution is 7.70. The molecule has 0 unspecified atom stereocenters. The van der Waals surface area contributed by atoms with E-state index in [0.29, 0.717) is 24.8 Å². The first-order valence-electron chi connectivity index (χ1n) is 10.5. The van der Waals surface area contributed by atoms with Crippen molar-refractivity contribution in [1.82, 2.24) is 9.88 Å². The number of hydrogen-bond acceptors (Lipinski definition) is 3. The molecule has 5 nitrogen and oxygen atoms in total. The van der Waals surface area contributed by atoms with Crippen LogP contribution in [0.1, 0.15) is 46.4 Å². The molecule has 2 N–H and O–H groups in total. The SMILES string of the molecule is Cc1ccc(Cn2c(C(=O)O)c(CNC3CCC3)c3cc(P(C)(C)=O)ccc32)cc1. The summed E-state index contributed by atoms with van der Waals surface area (Å²) in [7, 11) is -2.45. The maximum absolute atomic E-state index is 12.7. The third kappa shape index (κ3) is 4.10. The van der Waals surface area contributed by atoms with Crippen molar-refractivity contribution in [2.75, 3.05) is 13.3 Å². The third-order valence-electron chi connectivity index (χ3n) is 6.11. The zero-order valence-electron chi connectivity index (χ0n) is 17.8. The molecule has 2 aromatic carbocycles. The molecular formula is C24H29N2O3P. The summed E-state index contributed by atoms with van der Waals surface area (Å²) in [4.78, 5) is 12.4. The highest BCUT2D eigenvalue weighted by Gasteiger charge is 2.25. The van der Waals surface area contributed by atoms with E-state index in [2.05, 4.69) is 5.32 Å². The maximum atomic E-state index is 12.7. The number of carboxylic acid groups (broad SMARTS) is 1. The quantitative estimate of drug-likeness (QED) is 0.545. The van der Waals surface area contributed by atoms with E-state index in [1.165, 1.54) is 12.0 Å². The second kappa shape index (κ2) is 8.05. The Morgan fingerprint density at radius 1 is 1.17 bits per heavy atom. The molecular weight excluding hydrogens is 395 g/mol. The van der Waals surface area contributed by atoms with Crippen LogP contribution >= 0.6 is 7.14 Å². The first-order valence-corrected chi connectivity index (χ1v) is 13.1. The first-order chi connectivity index (χ1) is 14.2. The number of hydrogen-bond donors (Lipinski definition) is 2. The molecule has 1 aliphatic carbocycles. The fourth-order valence-electron chi connectivity index (χ4n) is 4.07. The standard InChI is InChI=1S/C24H29N2O3P/c1-16-7-9-17(10-8-16)15-26-22-12-11-19(30(2,3)29)13-20(22)21(23(26)24(27)28)14-25-18-5-4-6-18/h7-13,18,25H,4-6,14-15H2,1-3H3,(H,27,28). The molecule has 0 amide bonds. The van der Waals surface area contributed by atoms with E-state index >= 15 is 0 Å². The van der Waals surface area contributed by atoms with Crippen LogP contribution in [0.25, 0.3) is 10.9 Å². The summed E-state index contributed by atoms with van der Waals surface area (Å²) in [6, 6.07) is 14.4. The Kier molecular flexibility index (Phi) is 5.61. The topological polar surface area (TPSA) is 71.3 Å². The van der Waals surface area contributed by atoms with Crippen molar-refractivity contribution in [3.05, 3.63) is 64.8 Å². The fraction of sp³-hybridized carbons (Fsp3) is 0.375. The lowest BCUT2D eigenvalue weighted by Gasteiger charge is -2.26. The van der Waals surface area contributed by atoms with Gasteiger partial charge in [-0.05, 0) is 56.9 Å². The fourth-order valence-corrected chi connectivity index (χ4v) is 4.94. The van der Waals surface area contributed by atoms with Gasteiger partial charge in [-0.25, -0.2) is 4.79 Å². The molecule has 6 heteroatoms. The Morgan fingerprint density at radius 3 is 2.43 bits per heavy atom. The van der Waals surface area contributed by atoms with Crippen molar-refractivity contribution in [3.8, 4) is 0 Å². The van der Waals surface area contributed by atoms with E-state index < -0.39 is 13.1 Å². The van der Waals surface area contributed by atoms with Crippen molar-refractivity contribution in [1.29, 1.82) is 0 Å². The summed E-state index contributed by atoms with van der Waals surface area (Å²) < 4.78 is 14.6. The van der Waals surface area contributed by atoms with Gasteiger partial charge in [-0.15, -0.1) is 0 Å². The smallest absolute Gasteiger partial charge is 0.352 e. The van der Waals surface area contributed by atoms with Gasteiger partial charge in [-0.2, -0.15) is 0 Å². The summed E-state index contributed by atoms with van der Waals surface area (Å²) in [6.07, 6.45) is 3.49. The lowest BCUT2D eigenvalue weighted by Crippen LogP contribution is -2.34. The van der Waals surface area contributed by atoms with Crippen LogP contribution in [0.3, 0.4) is 0 Å². The minimum atomic E-state index is -2.45. The largest absolute Gasteiger partial charge is 0.477 e. The number of rotatable bonds is 7. The van der Waals surface area contributed by atoms with Crippen molar-refractivity contribution in [3.63, 3.8) is 0 Å². The van der Waals surface area contributed by atoms with Crippen LogP contribution in [0, 0.1) is 6.92 Å². The molecule has 30 heavy (non-hydrogen) atoms. The average molecular weight is 424 g/mol. The van der Waals surface area contributed by atoms with Crippen LogP contribution < -0.4 is 10.6 Å². The minimum Gasteiger partial charge on any atom is -0.477 e. The number of nitrogens with zero attached hydrogens (tertiary/aromatic N) is 1. The van der Waals surface area contributed by atoms with Gasteiger partial charge in [0.25, 0.3) is 0 Å². The van der Waals surface area contributed by atoms with Crippen molar-refractivity contribution in [2.24, 2.45) is 0 Å². The zero-order valence-corrected chi connectivity index (χ0v) is 18.7. The van der Waals surface area contributed by atoms with Gasteiger partial charge in [0.05, 0.1) is 0 Å². The Labute approximate surface area is 177 Å². The number of aromatic nitrogens is 1. The van der Waals surface area contributed by atoms with Gasteiger partial charge in [-0.3, -0.25) is 0 Å². The second-order valence-electron chi connectivity index (χ2n) is 8.77. The van der Waals surface area contributed by atoms with Crippen LogP contribution in [0.4, 0.5) is 0 Å². The molecule has 1 aliphatic rings.